The standard InChI is InChI=1S/C17H16F4N2O4/c1-3-27-15-10(2)8-13(16(24,9-23(25)26)17(19,20)21)22-14(15)11-4-6-12(18)7-5-11/h4-8,24H,3,9H2,1-2H3. The van der Waals surface area contributed by atoms with Crippen LogP contribution in [0.2, 0.25) is 0 Å². The van der Waals surface area contributed by atoms with E-state index < -0.39 is 34.8 Å². The van der Waals surface area contributed by atoms with Crippen molar-refractivity contribution in [1.82, 2.24) is 4.98 Å². The summed E-state index contributed by atoms with van der Waals surface area (Å²) in [5, 5.41) is 20.9. The van der Waals surface area contributed by atoms with Gasteiger partial charge in [-0.15, -0.1) is 0 Å². The SMILES string of the molecule is CCOc1c(C)cc(C(O)(C[N+](=O)[O-])C(F)(F)F)nc1-c1ccc(F)cc1. The van der Waals surface area contributed by atoms with Gasteiger partial charge < -0.3 is 9.84 Å². The second-order valence-corrected chi connectivity index (χ2v) is 5.79. The predicted molar refractivity (Wildman–Crippen MR) is 87.4 cm³/mol. The van der Waals surface area contributed by atoms with Gasteiger partial charge in [0.1, 0.15) is 17.3 Å². The highest BCUT2D eigenvalue weighted by Crippen LogP contribution is 2.41. The van der Waals surface area contributed by atoms with Crippen LogP contribution in [0, 0.1) is 22.9 Å². The molecular formula is C17H16F4N2O4. The van der Waals surface area contributed by atoms with Gasteiger partial charge in [-0.1, -0.05) is 0 Å². The highest BCUT2D eigenvalue weighted by Gasteiger charge is 2.60. The summed E-state index contributed by atoms with van der Waals surface area (Å²) < 4.78 is 58.9. The van der Waals surface area contributed by atoms with Crippen molar-refractivity contribution in [1.29, 1.82) is 0 Å². The zero-order valence-corrected chi connectivity index (χ0v) is 14.4. The average molecular weight is 388 g/mol. The number of pyridine rings is 1. The molecule has 6 nitrogen and oxygen atoms in total. The van der Waals surface area contributed by atoms with Gasteiger partial charge in [0.2, 0.25) is 6.54 Å². The molecule has 0 bridgehead atoms. The molecular weight excluding hydrogens is 372 g/mol. The van der Waals surface area contributed by atoms with Crippen molar-refractivity contribution in [2.75, 3.05) is 13.2 Å². The molecule has 1 aromatic carbocycles. The minimum Gasteiger partial charge on any atom is -0.491 e. The summed E-state index contributed by atoms with van der Waals surface area (Å²) >= 11 is 0. The van der Waals surface area contributed by atoms with Crippen molar-refractivity contribution in [3.8, 4) is 17.0 Å². The van der Waals surface area contributed by atoms with Gasteiger partial charge in [-0.25, -0.2) is 9.37 Å². The minimum absolute atomic E-state index is 0.0853. The number of rotatable bonds is 6. The Bertz CT molecular complexity index is 840. The lowest BCUT2D eigenvalue weighted by atomic mass is 9.95. The van der Waals surface area contributed by atoms with Crippen LogP contribution in [-0.2, 0) is 5.60 Å². The Morgan fingerprint density at radius 2 is 1.85 bits per heavy atom. The van der Waals surface area contributed by atoms with Gasteiger partial charge in [0.15, 0.2) is 0 Å². The average Bonchev–Trinajstić information content (AvgIpc) is 2.55. The Morgan fingerprint density at radius 3 is 2.33 bits per heavy atom. The van der Waals surface area contributed by atoms with Crippen LogP contribution in [0.15, 0.2) is 30.3 Å². The van der Waals surface area contributed by atoms with Gasteiger partial charge in [-0.3, -0.25) is 10.1 Å². The first kappa shape index (κ1) is 20.6. The van der Waals surface area contributed by atoms with E-state index in [2.05, 4.69) is 4.98 Å². The molecule has 0 aliphatic rings. The molecule has 1 atom stereocenters. The molecule has 0 fully saturated rings. The van der Waals surface area contributed by atoms with Crippen molar-refractivity contribution in [3.63, 3.8) is 0 Å². The van der Waals surface area contributed by atoms with Gasteiger partial charge in [0.25, 0.3) is 5.60 Å². The fourth-order valence-electron chi connectivity index (χ4n) is 2.51. The summed E-state index contributed by atoms with van der Waals surface area (Å²) in [6.45, 7) is 1.45. The molecule has 0 saturated carbocycles. The maximum atomic E-state index is 13.4. The number of hydrogen-bond acceptors (Lipinski definition) is 5. The van der Waals surface area contributed by atoms with E-state index in [9.17, 15) is 32.8 Å². The highest BCUT2D eigenvalue weighted by atomic mass is 19.4. The molecule has 0 saturated heterocycles. The molecule has 1 heterocycles. The third kappa shape index (κ3) is 4.16. The highest BCUT2D eigenvalue weighted by molar-refractivity contribution is 5.68. The van der Waals surface area contributed by atoms with Gasteiger partial charge in [-0.05, 0) is 49.7 Å². The smallest absolute Gasteiger partial charge is 0.429 e. The zero-order valence-electron chi connectivity index (χ0n) is 14.4. The van der Waals surface area contributed by atoms with Crippen LogP contribution in [0.3, 0.4) is 0 Å². The van der Waals surface area contributed by atoms with Crippen molar-refractivity contribution < 1.29 is 32.3 Å². The van der Waals surface area contributed by atoms with E-state index in [4.69, 9.17) is 4.74 Å². The van der Waals surface area contributed by atoms with Crippen molar-refractivity contribution in [2.45, 2.75) is 25.6 Å². The number of halogens is 4. The largest absolute Gasteiger partial charge is 0.491 e. The van der Waals surface area contributed by atoms with Crippen LogP contribution in [0.5, 0.6) is 5.75 Å². The third-order valence-electron chi connectivity index (χ3n) is 3.82. The summed E-state index contributed by atoms with van der Waals surface area (Å²) in [6.07, 6.45) is -5.34. The van der Waals surface area contributed by atoms with E-state index in [1.165, 1.54) is 19.1 Å². The number of ether oxygens (including phenoxy) is 1. The topological polar surface area (TPSA) is 85.5 Å². The van der Waals surface area contributed by atoms with Crippen LogP contribution in [0.1, 0.15) is 18.2 Å². The molecule has 1 N–H and O–H groups in total. The van der Waals surface area contributed by atoms with Crippen LogP contribution in [0.25, 0.3) is 11.3 Å². The molecule has 2 aromatic rings. The summed E-state index contributed by atoms with van der Waals surface area (Å²) in [5.74, 6) is -0.428. The summed E-state index contributed by atoms with van der Waals surface area (Å²) in [4.78, 5) is 13.3. The first-order chi connectivity index (χ1) is 12.5. The second-order valence-electron chi connectivity index (χ2n) is 5.79. The van der Waals surface area contributed by atoms with Gasteiger partial charge in [0.05, 0.1) is 12.3 Å². The van der Waals surface area contributed by atoms with Gasteiger partial charge in [-0.2, -0.15) is 13.2 Å². The molecule has 146 valence electrons. The van der Waals surface area contributed by atoms with Crippen molar-refractivity contribution >= 4 is 0 Å². The minimum atomic E-state index is -5.34. The number of alkyl halides is 3. The Labute approximate surface area is 151 Å². The molecule has 0 spiro atoms. The summed E-state index contributed by atoms with van der Waals surface area (Å²) in [5.41, 5.74) is -4.40. The maximum Gasteiger partial charge on any atom is 0.429 e. The molecule has 0 aliphatic carbocycles. The molecule has 0 aliphatic heterocycles. The monoisotopic (exact) mass is 388 g/mol. The summed E-state index contributed by atoms with van der Waals surface area (Å²) in [6, 6.07) is 5.63. The van der Waals surface area contributed by atoms with E-state index in [0.29, 0.717) is 0 Å². The lowest BCUT2D eigenvalue weighted by Gasteiger charge is -2.27. The molecule has 1 unspecified atom stereocenters. The Kier molecular flexibility index (Phi) is 5.69. The van der Waals surface area contributed by atoms with E-state index in [0.717, 1.165) is 18.2 Å². The maximum absolute atomic E-state index is 13.4. The van der Waals surface area contributed by atoms with E-state index in [1.807, 2.05) is 0 Å². The number of aryl methyl sites for hydroxylation is 1. The number of benzene rings is 1. The van der Waals surface area contributed by atoms with Crippen LogP contribution < -0.4 is 4.74 Å². The van der Waals surface area contributed by atoms with E-state index in [-0.39, 0.29) is 29.2 Å². The Morgan fingerprint density at radius 1 is 1.26 bits per heavy atom. The quantitative estimate of drug-likeness (QED) is 0.464. The number of aromatic nitrogens is 1. The molecule has 2 rings (SSSR count). The molecule has 0 amide bonds. The summed E-state index contributed by atoms with van der Waals surface area (Å²) in [7, 11) is 0. The Balaban J connectivity index is 2.75. The molecule has 1 aromatic heterocycles. The fourth-order valence-corrected chi connectivity index (χ4v) is 2.51. The van der Waals surface area contributed by atoms with Crippen molar-refractivity contribution in [2.24, 2.45) is 0 Å². The zero-order chi connectivity index (χ0) is 20.4. The van der Waals surface area contributed by atoms with Gasteiger partial charge in [0, 0.05) is 10.5 Å². The molecule has 10 heteroatoms. The van der Waals surface area contributed by atoms with E-state index in [1.54, 1.807) is 6.92 Å². The lowest BCUT2D eigenvalue weighted by Crippen LogP contribution is -2.48. The van der Waals surface area contributed by atoms with Crippen LogP contribution in [0.4, 0.5) is 17.6 Å². The number of nitro groups is 1. The number of aliphatic hydroxyl groups is 1. The van der Waals surface area contributed by atoms with Crippen LogP contribution in [-0.4, -0.2) is 34.3 Å². The number of nitrogens with zero attached hydrogens (tertiary/aromatic N) is 2. The fraction of sp³-hybridized carbons (Fsp3) is 0.353. The lowest BCUT2D eigenvalue weighted by molar-refractivity contribution is -0.519. The first-order valence-electron chi connectivity index (χ1n) is 7.81. The third-order valence-corrected chi connectivity index (χ3v) is 3.82. The number of hydrogen-bond donors (Lipinski definition) is 1. The normalized spacial score (nSPS) is 13.9. The van der Waals surface area contributed by atoms with Crippen LogP contribution >= 0.6 is 0 Å². The van der Waals surface area contributed by atoms with E-state index >= 15 is 0 Å². The van der Waals surface area contributed by atoms with Gasteiger partial charge >= 0.3 is 6.18 Å². The second kappa shape index (κ2) is 7.47. The first-order valence-corrected chi connectivity index (χ1v) is 7.81. The predicted octanol–water partition coefficient (Wildman–Crippen LogP) is 3.62. The Hall–Kier alpha value is -2.75. The molecule has 0 radical (unpaired) electrons. The van der Waals surface area contributed by atoms with Crippen molar-refractivity contribution in [3.05, 3.63) is 57.5 Å². The molecule has 27 heavy (non-hydrogen) atoms.